The van der Waals surface area contributed by atoms with Gasteiger partial charge in [-0.25, -0.2) is 12.8 Å². The van der Waals surface area contributed by atoms with Gasteiger partial charge in [-0.05, 0) is 60.6 Å². The summed E-state index contributed by atoms with van der Waals surface area (Å²) in [6.45, 7) is 2.22. The molecule has 0 spiro atoms. The minimum atomic E-state index is -3.31. The quantitative estimate of drug-likeness (QED) is 0.677. The van der Waals surface area contributed by atoms with Crippen molar-refractivity contribution in [1.82, 2.24) is 0 Å². The van der Waals surface area contributed by atoms with Crippen LogP contribution in [0.5, 0.6) is 0 Å². The number of hydrogen-bond donors (Lipinski definition) is 0. The van der Waals surface area contributed by atoms with E-state index in [4.69, 9.17) is 11.6 Å². The van der Waals surface area contributed by atoms with Crippen molar-refractivity contribution >= 4 is 21.4 Å². The fourth-order valence-corrected chi connectivity index (χ4v) is 5.32. The van der Waals surface area contributed by atoms with Gasteiger partial charge in [0.15, 0.2) is 9.84 Å². The van der Waals surface area contributed by atoms with Crippen molar-refractivity contribution in [2.24, 2.45) is 11.8 Å². The number of rotatable bonds is 4. The third kappa shape index (κ3) is 4.42. The van der Waals surface area contributed by atoms with Gasteiger partial charge in [-0.1, -0.05) is 43.5 Å². The maximum absolute atomic E-state index is 14.0. The maximum Gasteiger partial charge on any atom is 0.178 e. The first kappa shape index (κ1) is 18.4. The van der Waals surface area contributed by atoms with E-state index in [2.05, 4.69) is 6.92 Å². The Morgan fingerprint density at radius 2 is 1.68 bits per heavy atom. The van der Waals surface area contributed by atoms with Gasteiger partial charge >= 0.3 is 0 Å². The minimum absolute atomic E-state index is 0.203. The first-order valence-corrected chi connectivity index (χ1v) is 10.7. The van der Waals surface area contributed by atoms with E-state index in [1.807, 2.05) is 0 Å². The largest absolute Gasteiger partial charge is 0.224 e. The number of benzene rings is 2. The molecule has 0 aliphatic heterocycles. The minimum Gasteiger partial charge on any atom is -0.224 e. The summed E-state index contributed by atoms with van der Waals surface area (Å²) in [5, 5.41) is 0.335. The topological polar surface area (TPSA) is 34.1 Å². The SMILES string of the molecule is CC1CCC(CS(=O)(=O)c2ccc(-c3ccc(Cl)cc3F)cc2)CC1. The Morgan fingerprint density at radius 1 is 1.04 bits per heavy atom. The van der Waals surface area contributed by atoms with Crippen molar-refractivity contribution in [3.8, 4) is 11.1 Å². The molecule has 1 fully saturated rings. The van der Waals surface area contributed by atoms with Crippen LogP contribution in [0.1, 0.15) is 32.6 Å². The zero-order valence-corrected chi connectivity index (χ0v) is 15.8. The molecule has 3 rings (SSSR count). The van der Waals surface area contributed by atoms with Crippen LogP contribution < -0.4 is 0 Å². The average Bonchev–Trinajstić information content (AvgIpc) is 2.57. The zero-order valence-electron chi connectivity index (χ0n) is 14.2. The highest BCUT2D eigenvalue weighted by Crippen LogP contribution is 2.31. The molecule has 0 heterocycles. The Kier molecular flexibility index (Phi) is 5.49. The van der Waals surface area contributed by atoms with Crippen LogP contribution in [0.2, 0.25) is 5.02 Å². The highest BCUT2D eigenvalue weighted by molar-refractivity contribution is 7.91. The second-order valence-electron chi connectivity index (χ2n) is 7.06. The molecule has 2 aromatic rings. The number of hydrogen-bond acceptors (Lipinski definition) is 2. The third-order valence-electron chi connectivity index (χ3n) is 5.05. The Labute approximate surface area is 153 Å². The van der Waals surface area contributed by atoms with E-state index in [9.17, 15) is 12.8 Å². The van der Waals surface area contributed by atoms with Gasteiger partial charge in [-0.3, -0.25) is 0 Å². The Bertz CT molecular complexity index is 838. The molecular weight excluding hydrogens is 359 g/mol. The molecule has 0 aromatic heterocycles. The fraction of sp³-hybridized carbons (Fsp3) is 0.400. The molecule has 2 nitrogen and oxygen atoms in total. The van der Waals surface area contributed by atoms with E-state index in [-0.39, 0.29) is 11.7 Å². The molecule has 0 atom stereocenters. The molecule has 1 saturated carbocycles. The molecule has 0 radical (unpaired) electrons. The molecule has 1 aliphatic carbocycles. The summed E-state index contributed by atoms with van der Waals surface area (Å²) >= 11 is 5.77. The highest BCUT2D eigenvalue weighted by Gasteiger charge is 2.25. The van der Waals surface area contributed by atoms with Crippen molar-refractivity contribution in [2.75, 3.05) is 5.75 Å². The van der Waals surface area contributed by atoms with Gasteiger partial charge in [-0.15, -0.1) is 0 Å². The van der Waals surface area contributed by atoms with Crippen LogP contribution in [0, 0.1) is 17.7 Å². The van der Waals surface area contributed by atoms with Gasteiger partial charge in [0.05, 0.1) is 10.6 Å². The second-order valence-corrected chi connectivity index (χ2v) is 9.53. The van der Waals surface area contributed by atoms with Gasteiger partial charge in [0.25, 0.3) is 0 Å². The van der Waals surface area contributed by atoms with Crippen LogP contribution in [-0.4, -0.2) is 14.2 Å². The molecule has 5 heteroatoms. The molecule has 25 heavy (non-hydrogen) atoms. The van der Waals surface area contributed by atoms with Gasteiger partial charge < -0.3 is 0 Å². The Hall–Kier alpha value is -1.39. The smallest absolute Gasteiger partial charge is 0.178 e. The molecule has 134 valence electrons. The van der Waals surface area contributed by atoms with Crippen LogP contribution >= 0.6 is 11.6 Å². The zero-order chi connectivity index (χ0) is 18.0. The second kappa shape index (κ2) is 7.46. The van der Waals surface area contributed by atoms with E-state index in [0.717, 1.165) is 25.7 Å². The Morgan fingerprint density at radius 3 is 2.28 bits per heavy atom. The molecule has 0 unspecified atom stereocenters. The summed E-state index contributed by atoms with van der Waals surface area (Å²) in [5.74, 6) is 0.732. The first-order chi connectivity index (χ1) is 11.8. The van der Waals surface area contributed by atoms with Crippen LogP contribution in [0.3, 0.4) is 0 Å². The summed E-state index contributed by atoms with van der Waals surface area (Å²) in [5.41, 5.74) is 1.05. The molecular formula is C20H22ClFO2S. The van der Waals surface area contributed by atoms with E-state index in [1.54, 1.807) is 36.4 Å². The van der Waals surface area contributed by atoms with E-state index < -0.39 is 15.7 Å². The molecule has 2 aromatic carbocycles. The maximum atomic E-state index is 14.0. The van der Waals surface area contributed by atoms with E-state index in [1.165, 1.54) is 6.07 Å². The standard InChI is InChI=1S/C20H22ClFO2S/c1-14-2-4-15(5-3-14)13-25(23,24)18-9-6-16(7-10-18)19-11-8-17(21)12-20(19)22/h6-12,14-15H,2-5,13H2,1H3. The van der Waals surface area contributed by atoms with Crippen LogP contribution in [0.15, 0.2) is 47.4 Å². The Balaban J connectivity index is 1.77. The van der Waals surface area contributed by atoms with Gasteiger partial charge in [-0.2, -0.15) is 0 Å². The average molecular weight is 381 g/mol. The van der Waals surface area contributed by atoms with E-state index in [0.29, 0.717) is 27.0 Å². The molecule has 0 saturated heterocycles. The number of halogens is 2. The van der Waals surface area contributed by atoms with Crippen molar-refractivity contribution in [2.45, 2.75) is 37.5 Å². The molecule has 0 bridgehead atoms. The van der Waals surface area contributed by atoms with Crippen molar-refractivity contribution in [3.63, 3.8) is 0 Å². The highest BCUT2D eigenvalue weighted by atomic mass is 35.5. The monoisotopic (exact) mass is 380 g/mol. The van der Waals surface area contributed by atoms with Gasteiger partial charge in [0.2, 0.25) is 0 Å². The molecule has 0 amide bonds. The summed E-state index contributed by atoms with van der Waals surface area (Å²) in [6.07, 6.45) is 4.17. The van der Waals surface area contributed by atoms with Crippen molar-refractivity contribution in [3.05, 3.63) is 53.3 Å². The lowest BCUT2D eigenvalue weighted by molar-refractivity contribution is 0.308. The number of sulfone groups is 1. The lowest BCUT2D eigenvalue weighted by Gasteiger charge is -2.25. The van der Waals surface area contributed by atoms with Crippen molar-refractivity contribution < 1.29 is 12.8 Å². The third-order valence-corrected chi connectivity index (χ3v) is 7.18. The fourth-order valence-electron chi connectivity index (χ4n) is 3.47. The summed E-state index contributed by atoms with van der Waals surface area (Å²) < 4.78 is 39.3. The lowest BCUT2D eigenvalue weighted by Crippen LogP contribution is -2.21. The summed E-state index contributed by atoms with van der Waals surface area (Å²) in [4.78, 5) is 0.309. The predicted octanol–water partition coefficient (Wildman–Crippen LogP) is 5.75. The van der Waals surface area contributed by atoms with Gasteiger partial charge in [0, 0.05) is 10.6 Å². The summed E-state index contributed by atoms with van der Waals surface area (Å²) in [7, 11) is -3.31. The lowest BCUT2D eigenvalue weighted by atomic mass is 9.84. The van der Waals surface area contributed by atoms with Crippen LogP contribution in [0.25, 0.3) is 11.1 Å². The first-order valence-electron chi connectivity index (χ1n) is 8.63. The van der Waals surface area contributed by atoms with Crippen LogP contribution in [0.4, 0.5) is 4.39 Å². The molecule has 0 N–H and O–H groups in total. The van der Waals surface area contributed by atoms with Crippen molar-refractivity contribution in [1.29, 1.82) is 0 Å². The van der Waals surface area contributed by atoms with Gasteiger partial charge in [0.1, 0.15) is 5.82 Å². The predicted molar refractivity (Wildman–Crippen MR) is 100 cm³/mol. The molecule has 1 aliphatic rings. The van der Waals surface area contributed by atoms with E-state index >= 15 is 0 Å². The normalized spacial score (nSPS) is 21.2. The summed E-state index contributed by atoms with van der Waals surface area (Å²) in [6, 6.07) is 10.9. The van der Waals surface area contributed by atoms with Crippen LogP contribution in [-0.2, 0) is 9.84 Å².